The Bertz CT molecular complexity index is 569. The molecule has 0 aliphatic carbocycles. The van der Waals surface area contributed by atoms with Crippen molar-refractivity contribution in [1.29, 1.82) is 0 Å². The van der Waals surface area contributed by atoms with E-state index >= 15 is 0 Å². The number of nitrogens with zero attached hydrogens (tertiary/aromatic N) is 2. The number of nitrogens with one attached hydrogen (secondary N) is 1. The van der Waals surface area contributed by atoms with Crippen LogP contribution in [-0.4, -0.2) is 39.0 Å². The van der Waals surface area contributed by atoms with Crippen molar-refractivity contribution in [2.45, 2.75) is 39.3 Å². The highest BCUT2D eigenvalue weighted by Gasteiger charge is 2.12. The molecule has 0 unspecified atom stereocenters. The number of aliphatic hydroxyl groups is 2. The number of rotatable bonds is 7. The van der Waals surface area contributed by atoms with E-state index in [2.05, 4.69) is 27.0 Å². The molecule has 0 fully saturated rings. The Labute approximate surface area is 131 Å². The van der Waals surface area contributed by atoms with Gasteiger partial charge in [-0.05, 0) is 38.5 Å². The Morgan fingerprint density at radius 2 is 1.86 bits per heavy atom. The van der Waals surface area contributed by atoms with Gasteiger partial charge in [-0.2, -0.15) is 0 Å². The summed E-state index contributed by atoms with van der Waals surface area (Å²) in [6, 6.07) is 7.95. The molecule has 2 aromatic heterocycles. The Balaban J connectivity index is 2.05. The van der Waals surface area contributed by atoms with Gasteiger partial charge in [0.25, 0.3) is 0 Å². The van der Waals surface area contributed by atoms with E-state index in [-0.39, 0.29) is 12.6 Å². The maximum atomic E-state index is 10.2. The van der Waals surface area contributed by atoms with Crippen molar-refractivity contribution in [2.75, 3.05) is 13.2 Å². The first-order valence-electron chi connectivity index (χ1n) is 7.70. The first kappa shape index (κ1) is 16.7. The third-order valence-electron chi connectivity index (χ3n) is 3.97. The zero-order chi connectivity index (χ0) is 16.1. The molecule has 0 bridgehead atoms. The molecule has 5 heteroatoms. The molecule has 2 atom stereocenters. The average molecular weight is 303 g/mol. The summed E-state index contributed by atoms with van der Waals surface area (Å²) in [5, 5.41) is 22.5. The third kappa shape index (κ3) is 3.74. The van der Waals surface area contributed by atoms with Gasteiger partial charge < -0.3 is 20.1 Å². The Morgan fingerprint density at radius 1 is 1.18 bits per heavy atom. The highest BCUT2D eigenvalue weighted by atomic mass is 16.3. The number of hydrogen-bond acceptors (Lipinski definition) is 4. The fourth-order valence-corrected chi connectivity index (χ4v) is 2.49. The van der Waals surface area contributed by atoms with Gasteiger partial charge in [0.05, 0.1) is 12.7 Å². The van der Waals surface area contributed by atoms with Gasteiger partial charge in [-0.15, -0.1) is 0 Å². The number of aliphatic hydroxyl groups excluding tert-OH is 2. The quantitative estimate of drug-likeness (QED) is 0.730. The topological polar surface area (TPSA) is 70.3 Å². The molecule has 3 N–H and O–H groups in total. The average Bonchev–Trinajstić information content (AvgIpc) is 2.87. The van der Waals surface area contributed by atoms with Gasteiger partial charge >= 0.3 is 0 Å². The van der Waals surface area contributed by atoms with Crippen LogP contribution in [0, 0.1) is 13.8 Å². The Morgan fingerprint density at radius 3 is 2.36 bits per heavy atom. The summed E-state index contributed by atoms with van der Waals surface area (Å²) in [6.07, 6.45) is 1.90. The van der Waals surface area contributed by atoms with Crippen molar-refractivity contribution >= 4 is 0 Å². The molecular weight excluding hydrogens is 278 g/mol. The van der Waals surface area contributed by atoms with Crippen molar-refractivity contribution in [3.8, 4) is 5.82 Å². The summed E-state index contributed by atoms with van der Waals surface area (Å²) in [7, 11) is 0. The molecule has 0 aliphatic heterocycles. The molecular formula is C17H25N3O2. The maximum Gasteiger partial charge on any atom is 0.136 e. The van der Waals surface area contributed by atoms with E-state index in [4.69, 9.17) is 5.11 Å². The first-order valence-corrected chi connectivity index (χ1v) is 7.70. The molecule has 2 rings (SSSR count). The number of aromatic nitrogens is 2. The van der Waals surface area contributed by atoms with Crippen LogP contribution in [0.1, 0.15) is 36.4 Å². The summed E-state index contributed by atoms with van der Waals surface area (Å²) in [4.78, 5) is 4.46. The molecule has 0 spiro atoms. The minimum Gasteiger partial charge on any atom is -0.395 e. The van der Waals surface area contributed by atoms with Crippen LogP contribution in [0.4, 0.5) is 0 Å². The lowest BCUT2D eigenvalue weighted by molar-refractivity contribution is 0.157. The van der Waals surface area contributed by atoms with Crippen LogP contribution < -0.4 is 5.32 Å². The Kier molecular flexibility index (Phi) is 5.71. The second-order valence-electron chi connectivity index (χ2n) is 5.61. The molecule has 2 aromatic rings. The van der Waals surface area contributed by atoms with Crippen LogP contribution in [0.5, 0.6) is 0 Å². The molecule has 0 aromatic carbocycles. The molecule has 0 aliphatic rings. The fraction of sp³-hybridized carbons (Fsp3) is 0.471. The van der Waals surface area contributed by atoms with E-state index < -0.39 is 6.10 Å². The summed E-state index contributed by atoms with van der Waals surface area (Å²) < 4.78 is 2.08. The van der Waals surface area contributed by atoms with Crippen molar-refractivity contribution in [2.24, 2.45) is 0 Å². The molecule has 0 radical (unpaired) electrons. The minimum atomic E-state index is -0.631. The smallest absolute Gasteiger partial charge is 0.136 e. The van der Waals surface area contributed by atoms with Crippen molar-refractivity contribution in [1.82, 2.24) is 14.9 Å². The standard InChI is InChI=1S/C17H25N3O2/c1-4-15(11-21)18-10-16(22)14-7-8-17(19-9-14)20-12(2)5-6-13(20)3/h5-9,15-16,18,21-22H,4,10-11H2,1-3H3/t15-,16+/m0/s1. The van der Waals surface area contributed by atoms with E-state index in [9.17, 15) is 5.11 Å². The van der Waals surface area contributed by atoms with Crippen molar-refractivity contribution in [3.63, 3.8) is 0 Å². The van der Waals surface area contributed by atoms with E-state index in [1.807, 2.05) is 32.9 Å². The Hall–Kier alpha value is -1.69. The van der Waals surface area contributed by atoms with Gasteiger partial charge in [0.15, 0.2) is 0 Å². The van der Waals surface area contributed by atoms with Crippen LogP contribution in [-0.2, 0) is 0 Å². The number of aryl methyl sites for hydroxylation is 2. The summed E-state index contributed by atoms with van der Waals surface area (Å²) >= 11 is 0. The van der Waals surface area contributed by atoms with Crippen LogP contribution >= 0.6 is 0 Å². The first-order chi connectivity index (χ1) is 10.6. The lowest BCUT2D eigenvalue weighted by atomic mass is 10.1. The van der Waals surface area contributed by atoms with Gasteiger partial charge in [0, 0.05) is 35.7 Å². The van der Waals surface area contributed by atoms with Gasteiger partial charge in [0.1, 0.15) is 5.82 Å². The molecule has 0 amide bonds. The molecule has 0 saturated heterocycles. The number of hydrogen-bond donors (Lipinski definition) is 3. The lowest BCUT2D eigenvalue weighted by Crippen LogP contribution is -2.35. The maximum absolute atomic E-state index is 10.2. The highest BCUT2D eigenvalue weighted by molar-refractivity contribution is 5.33. The molecule has 120 valence electrons. The van der Waals surface area contributed by atoms with E-state index in [0.717, 1.165) is 29.2 Å². The normalized spacial score (nSPS) is 14.0. The lowest BCUT2D eigenvalue weighted by Gasteiger charge is -2.18. The number of pyridine rings is 1. The van der Waals surface area contributed by atoms with Crippen LogP contribution in [0.3, 0.4) is 0 Å². The van der Waals surface area contributed by atoms with Gasteiger partial charge in [0.2, 0.25) is 0 Å². The van der Waals surface area contributed by atoms with Crippen LogP contribution in [0.25, 0.3) is 5.82 Å². The summed E-state index contributed by atoms with van der Waals surface area (Å²) in [5.74, 6) is 0.853. The van der Waals surface area contributed by atoms with E-state index in [0.29, 0.717) is 6.54 Å². The molecule has 22 heavy (non-hydrogen) atoms. The fourth-order valence-electron chi connectivity index (χ4n) is 2.49. The second kappa shape index (κ2) is 7.54. The largest absolute Gasteiger partial charge is 0.395 e. The summed E-state index contributed by atoms with van der Waals surface area (Å²) in [6.45, 7) is 6.56. The third-order valence-corrected chi connectivity index (χ3v) is 3.97. The molecule has 2 heterocycles. The molecule has 0 saturated carbocycles. The zero-order valence-electron chi connectivity index (χ0n) is 13.5. The monoisotopic (exact) mass is 303 g/mol. The molecule has 5 nitrogen and oxygen atoms in total. The van der Waals surface area contributed by atoms with E-state index in [1.54, 1.807) is 6.20 Å². The summed E-state index contributed by atoms with van der Waals surface area (Å²) in [5.41, 5.74) is 3.04. The van der Waals surface area contributed by atoms with Gasteiger partial charge in [-0.25, -0.2) is 4.98 Å². The van der Waals surface area contributed by atoms with Gasteiger partial charge in [-0.1, -0.05) is 13.0 Å². The predicted molar refractivity (Wildman–Crippen MR) is 87.2 cm³/mol. The SMILES string of the molecule is CC[C@@H](CO)NC[C@@H](O)c1ccc(-n2c(C)ccc2C)nc1. The van der Waals surface area contributed by atoms with E-state index in [1.165, 1.54) is 0 Å². The second-order valence-corrected chi connectivity index (χ2v) is 5.61. The highest BCUT2D eigenvalue weighted by Crippen LogP contribution is 2.17. The van der Waals surface area contributed by atoms with Crippen molar-refractivity contribution < 1.29 is 10.2 Å². The predicted octanol–water partition coefficient (Wildman–Crippen LogP) is 1.88. The minimum absolute atomic E-state index is 0.0204. The van der Waals surface area contributed by atoms with Gasteiger partial charge in [-0.3, -0.25) is 0 Å². The van der Waals surface area contributed by atoms with Crippen LogP contribution in [0.2, 0.25) is 0 Å². The zero-order valence-corrected chi connectivity index (χ0v) is 13.5. The van der Waals surface area contributed by atoms with Crippen LogP contribution in [0.15, 0.2) is 30.5 Å². The van der Waals surface area contributed by atoms with Crippen molar-refractivity contribution in [3.05, 3.63) is 47.4 Å².